The van der Waals surface area contributed by atoms with Crippen molar-refractivity contribution in [3.8, 4) is 5.75 Å². The summed E-state index contributed by atoms with van der Waals surface area (Å²) in [6.07, 6.45) is 2.41. The first-order valence-electron chi connectivity index (χ1n) is 14.6. The Morgan fingerprint density at radius 1 is 1.05 bits per heavy atom. The first kappa shape index (κ1) is 30.6. The maximum absolute atomic E-state index is 13.9. The maximum Gasteiger partial charge on any atom is 0.419 e. The number of nitrogens with one attached hydrogen (secondary N) is 2. The van der Waals surface area contributed by atoms with Gasteiger partial charge in [-0.1, -0.05) is 11.6 Å². The van der Waals surface area contributed by atoms with Crippen molar-refractivity contribution in [1.82, 2.24) is 9.62 Å². The van der Waals surface area contributed by atoms with Crippen molar-refractivity contribution in [3.63, 3.8) is 0 Å². The fourth-order valence-corrected chi connectivity index (χ4v) is 7.82. The van der Waals surface area contributed by atoms with E-state index in [2.05, 4.69) is 16.7 Å². The number of halogens is 4. The van der Waals surface area contributed by atoms with Gasteiger partial charge in [0.05, 0.1) is 30.4 Å². The molecule has 4 atom stereocenters. The number of ether oxygens (including phenoxy) is 1. The molecule has 0 spiro atoms. The van der Waals surface area contributed by atoms with Gasteiger partial charge in [-0.3, -0.25) is 9.59 Å². The minimum atomic E-state index is -4.93. The van der Waals surface area contributed by atoms with Crippen molar-refractivity contribution < 1.29 is 40.3 Å². The molecule has 236 valence electrons. The number of hydrogen-bond acceptors (Lipinski definition) is 5. The zero-order valence-corrected chi connectivity index (χ0v) is 25.0. The second kappa shape index (κ2) is 11.2. The first-order valence-corrected chi connectivity index (χ1v) is 16.4. The van der Waals surface area contributed by atoms with Crippen LogP contribution >= 0.6 is 0 Å². The molecule has 2 amide bonds. The van der Waals surface area contributed by atoms with Crippen LogP contribution in [0.4, 0.5) is 23.2 Å². The van der Waals surface area contributed by atoms with E-state index in [9.17, 15) is 35.6 Å². The molecule has 2 aromatic carbocycles. The van der Waals surface area contributed by atoms with Crippen LogP contribution in [0.3, 0.4) is 0 Å². The van der Waals surface area contributed by atoms with E-state index in [1.54, 1.807) is 12.1 Å². The molecule has 3 aliphatic carbocycles. The maximum atomic E-state index is 13.9. The summed E-state index contributed by atoms with van der Waals surface area (Å²) >= 11 is 0. The summed E-state index contributed by atoms with van der Waals surface area (Å²) < 4.78 is 84.9. The molecule has 1 heterocycles. The van der Waals surface area contributed by atoms with E-state index in [-0.39, 0.29) is 41.9 Å². The summed E-state index contributed by atoms with van der Waals surface area (Å²) in [5.41, 5.74) is 1.27. The third-order valence-electron chi connectivity index (χ3n) is 9.30. The van der Waals surface area contributed by atoms with Gasteiger partial charge in [0.25, 0.3) is 5.91 Å². The molecule has 44 heavy (non-hydrogen) atoms. The molecule has 0 radical (unpaired) electrons. The van der Waals surface area contributed by atoms with E-state index < -0.39 is 51.4 Å². The number of hydrogen-bond donors (Lipinski definition) is 2. The molecule has 2 bridgehead atoms. The van der Waals surface area contributed by atoms with Crippen LogP contribution in [0.15, 0.2) is 42.0 Å². The molecule has 1 aliphatic heterocycles. The van der Waals surface area contributed by atoms with E-state index in [1.165, 1.54) is 11.4 Å². The molecule has 6 rings (SSSR count). The number of rotatable bonds is 7. The Kier molecular flexibility index (Phi) is 7.76. The van der Waals surface area contributed by atoms with E-state index in [1.807, 2.05) is 0 Å². The Bertz CT molecular complexity index is 1650. The topological polar surface area (TPSA) is 105 Å². The Morgan fingerprint density at radius 3 is 2.43 bits per heavy atom. The van der Waals surface area contributed by atoms with Gasteiger partial charge < -0.3 is 15.4 Å². The molecule has 4 aliphatic rings. The number of allylic oxidation sites excluding steroid dienone is 1. The van der Waals surface area contributed by atoms with Gasteiger partial charge in [-0.25, -0.2) is 12.8 Å². The smallest absolute Gasteiger partial charge is 0.419 e. The molecule has 2 aromatic rings. The van der Waals surface area contributed by atoms with Gasteiger partial charge in [0, 0.05) is 30.7 Å². The molecular weight excluding hydrogens is 602 g/mol. The first-order chi connectivity index (χ1) is 20.7. The summed E-state index contributed by atoms with van der Waals surface area (Å²) in [6, 6.07) is 5.09. The molecular formula is C31H33F4N3O5S. The molecule has 3 fully saturated rings. The third kappa shape index (κ3) is 5.83. The van der Waals surface area contributed by atoms with Gasteiger partial charge in [-0.15, -0.1) is 0 Å². The number of fused-ring (bicyclic) bond motifs is 3. The van der Waals surface area contributed by atoms with Gasteiger partial charge >= 0.3 is 6.18 Å². The van der Waals surface area contributed by atoms with Gasteiger partial charge in [-0.2, -0.15) is 17.5 Å². The third-order valence-corrected chi connectivity index (χ3v) is 10.6. The summed E-state index contributed by atoms with van der Waals surface area (Å²) in [5, 5.41) is 5.62. The SMILES string of the molecule is COc1cc2c(cc1C(=O)N[C@@H]1C3CCC(/C3=C/C3CC3)[C@@H]1C(=O)Nc1ccc(F)c(C(F)(F)F)c1)CCN(S(C)(=O)=O)C2. The molecule has 0 aromatic heterocycles. The lowest BCUT2D eigenvalue weighted by molar-refractivity contribution is -0.140. The van der Waals surface area contributed by atoms with E-state index in [0.29, 0.717) is 30.9 Å². The summed E-state index contributed by atoms with van der Waals surface area (Å²) in [4.78, 5) is 27.5. The number of carbonyl (C=O) groups is 2. The van der Waals surface area contributed by atoms with Crippen LogP contribution in [0.25, 0.3) is 0 Å². The van der Waals surface area contributed by atoms with E-state index in [0.717, 1.165) is 48.3 Å². The highest BCUT2D eigenvalue weighted by Crippen LogP contribution is 2.54. The normalized spacial score (nSPS) is 26.0. The zero-order chi connectivity index (χ0) is 31.6. The van der Waals surface area contributed by atoms with Crippen LogP contribution < -0.4 is 15.4 Å². The Hall–Kier alpha value is -3.45. The Morgan fingerprint density at radius 2 is 1.77 bits per heavy atom. The zero-order valence-electron chi connectivity index (χ0n) is 24.2. The lowest BCUT2D eigenvalue weighted by Gasteiger charge is -2.31. The van der Waals surface area contributed by atoms with Crippen LogP contribution in [0, 0.1) is 29.5 Å². The number of alkyl halides is 3. The van der Waals surface area contributed by atoms with Crippen LogP contribution in [0.5, 0.6) is 5.75 Å². The molecule has 2 unspecified atom stereocenters. The highest BCUT2D eigenvalue weighted by atomic mass is 32.2. The van der Waals surface area contributed by atoms with Crippen LogP contribution in [-0.2, 0) is 34.0 Å². The fraction of sp³-hybridized carbons (Fsp3) is 0.484. The largest absolute Gasteiger partial charge is 0.496 e. The standard InChI is InChI=1S/C31H33F4N3O5S/c1-43-26-13-18-15-38(44(2,41)42)10-9-17(18)12-23(26)29(39)37-28-21-7-6-20(22(21)11-16-3-4-16)27(28)30(40)36-19-5-8-25(32)24(14-19)31(33,34)35/h5,8,11-14,16,20-21,27-28H,3-4,6-7,9-10,15H2,1-2H3,(H,36,40)(H,37,39)/b22-11-/t20?,21?,27-,28+/m0/s1. The van der Waals surface area contributed by atoms with Gasteiger partial charge in [0.1, 0.15) is 11.6 Å². The Labute approximate surface area is 252 Å². The number of nitrogens with zero attached hydrogens (tertiary/aromatic N) is 1. The van der Waals surface area contributed by atoms with Crippen molar-refractivity contribution in [3.05, 3.63) is 70.1 Å². The summed E-state index contributed by atoms with van der Waals surface area (Å²) in [7, 11) is -1.98. The van der Waals surface area contributed by atoms with Crippen molar-refractivity contribution in [2.24, 2.45) is 23.7 Å². The highest BCUT2D eigenvalue weighted by Gasteiger charge is 2.55. The van der Waals surface area contributed by atoms with E-state index in [4.69, 9.17) is 4.74 Å². The van der Waals surface area contributed by atoms with Gasteiger partial charge in [-0.05, 0) is 85.4 Å². The minimum Gasteiger partial charge on any atom is -0.496 e. The number of amides is 2. The van der Waals surface area contributed by atoms with Crippen LogP contribution in [0.2, 0.25) is 0 Å². The molecule has 8 nitrogen and oxygen atoms in total. The van der Waals surface area contributed by atoms with Crippen molar-refractivity contribution >= 4 is 27.5 Å². The van der Waals surface area contributed by atoms with Gasteiger partial charge in [0.15, 0.2) is 0 Å². The quantitative estimate of drug-likeness (QED) is 0.333. The highest BCUT2D eigenvalue weighted by molar-refractivity contribution is 7.88. The monoisotopic (exact) mass is 635 g/mol. The average molecular weight is 636 g/mol. The lowest BCUT2D eigenvalue weighted by Crippen LogP contribution is -2.48. The van der Waals surface area contributed by atoms with Gasteiger partial charge in [0.2, 0.25) is 15.9 Å². The molecule has 2 N–H and O–H groups in total. The number of anilines is 1. The summed E-state index contributed by atoms with van der Waals surface area (Å²) in [6.45, 7) is 0.443. The predicted octanol–water partition coefficient (Wildman–Crippen LogP) is 4.90. The minimum absolute atomic E-state index is 0.105. The van der Waals surface area contributed by atoms with Crippen LogP contribution in [0.1, 0.15) is 52.7 Å². The summed E-state index contributed by atoms with van der Waals surface area (Å²) in [5.74, 6) is -2.77. The second-order valence-electron chi connectivity index (χ2n) is 12.2. The predicted molar refractivity (Wildman–Crippen MR) is 154 cm³/mol. The van der Waals surface area contributed by atoms with Crippen molar-refractivity contribution in [1.29, 1.82) is 0 Å². The number of methoxy groups -OCH3 is 1. The number of benzene rings is 2. The van der Waals surface area contributed by atoms with E-state index >= 15 is 0 Å². The second-order valence-corrected chi connectivity index (χ2v) is 14.2. The number of carbonyl (C=O) groups excluding carboxylic acids is 2. The Balaban J connectivity index is 1.28. The lowest BCUT2D eigenvalue weighted by atomic mass is 9.83. The number of sulfonamides is 1. The molecule has 0 saturated heterocycles. The molecule has 13 heteroatoms. The molecule has 3 saturated carbocycles. The average Bonchev–Trinajstić information content (AvgIpc) is 3.64. The van der Waals surface area contributed by atoms with Crippen molar-refractivity contribution in [2.75, 3.05) is 25.2 Å². The fourth-order valence-electron chi connectivity index (χ4n) is 7.03. The van der Waals surface area contributed by atoms with Crippen molar-refractivity contribution in [2.45, 2.75) is 50.9 Å². The van der Waals surface area contributed by atoms with Crippen LogP contribution in [-0.4, -0.2) is 50.5 Å².